The summed E-state index contributed by atoms with van der Waals surface area (Å²) in [5.41, 5.74) is -0.272. The third-order valence-electron chi connectivity index (χ3n) is 2.85. The zero-order valence-electron chi connectivity index (χ0n) is 9.89. The molecule has 0 aromatic heterocycles. The van der Waals surface area contributed by atoms with E-state index in [0.717, 1.165) is 0 Å². The predicted molar refractivity (Wildman–Crippen MR) is 71.6 cm³/mol. The van der Waals surface area contributed by atoms with E-state index in [-0.39, 0.29) is 18.9 Å². The van der Waals surface area contributed by atoms with E-state index < -0.39 is 10.5 Å². The van der Waals surface area contributed by atoms with Gasteiger partial charge in [-0.05, 0) is 28.4 Å². The molecule has 0 unspecified atom stereocenters. The first-order chi connectivity index (χ1) is 8.48. The Balaban J connectivity index is 3.01. The largest absolute Gasteiger partial charge is 0.394 e. The molecule has 0 amide bonds. The number of nitrogens with one attached hydrogen (secondary N) is 1. The van der Waals surface area contributed by atoms with Crippen LogP contribution in [0.3, 0.4) is 0 Å². The van der Waals surface area contributed by atoms with Gasteiger partial charge in [-0.15, -0.1) is 0 Å². The molecule has 0 atom stereocenters. The molecule has 100 valence electrons. The number of non-ortho nitro benzene ring substituents is 1. The molecule has 0 bridgehead atoms. The summed E-state index contributed by atoms with van der Waals surface area (Å²) < 4.78 is 0.511. The molecule has 0 heterocycles. The summed E-state index contributed by atoms with van der Waals surface area (Å²) in [7, 11) is 0. The Hall–Kier alpha value is -1.18. The SMILES string of the molecule is CCC(CO)(CO)Nc1ccc([N+](=O)[O-])cc1Br. The number of anilines is 1. The van der Waals surface area contributed by atoms with Crippen LogP contribution in [-0.2, 0) is 0 Å². The van der Waals surface area contributed by atoms with Gasteiger partial charge in [-0.25, -0.2) is 0 Å². The lowest BCUT2D eigenvalue weighted by Gasteiger charge is -2.31. The summed E-state index contributed by atoms with van der Waals surface area (Å²) >= 11 is 3.23. The number of benzene rings is 1. The second-order valence-electron chi connectivity index (χ2n) is 4.00. The van der Waals surface area contributed by atoms with Crippen LogP contribution in [-0.4, -0.2) is 33.9 Å². The van der Waals surface area contributed by atoms with Crippen molar-refractivity contribution in [3.8, 4) is 0 Å². The standard InChI is InChI=1S/C11H15BrN2O4/c1-2-11(6-15,7-16)13-10-4-3-8(14(17)18)5-9(10)12/h3-5,13,15-16H,2,6-7H2,1H3. The van der Waals surface area contributed by atoms with Gasteiger partial charge in [0, 0.05) is 22.3 Å². The maximum Gasteiger partial charge on any atom is 0.270 e. The second-order valence-corrected chi connectivity index (χ2v) is 4.85. The number of rotatable bonds is 6. The van der Waals surface area contributed by atoms with Crippen LogP contribution in [0.15, 0.2) is 22.7 Å². The Morgan fingerprint density at radius 1 is 1.44 bits per heavy atom. The van der Waals surface area contributed by atoms with Gasteiger partial charge in [0.1, 0.15) is 0 Å². The van der Waals surface area contributed by atoms with E-state index in [9.17, 15) is 20.3 Å². The molecule has 3 N–H and O–H groups in total. The third kappa shape index (κ3) is 3.18. The molecule has 1 aromatic rings. The fourth-order valence-corrected chi connectivity index (χ4v) is 1.91. The van der Waals surface area contributed by atoms with Gasteiger partial charge < -0.3 is 15.5 Å². The molecular formula is C11H15BrN2O4. The highest BCUT2D eigenvalue weighted by atomic mass is 79.9. The van der Waals surface area contributed by atoms with E-state index in [1.807, 2.05) is 6.92 Å². The summed E-state index contributed by atoms with van der Waals surface area (Å²) in [6.07, 6.45) is 0.517. The molecule has 0 spiro atoms. The quantitative estimate of drug-likeness (QED) is 0.550. The zero-order valence-corrected chi connectivity index (χ0v) is 11.5. The van der Waals surface area contributed by atoms with Crippen LogP contribution < -0.4 is 5.32 Å². The van der Waals surface area contributed by atoms with Crippen molar-refractivity contribution in [1.29, 1.82) is 0 Å². The zero-order chi connectivity index (χ0) is 13.8. The minimum Gasteiger partial charge on any atom is -0.394 e. The maximum absolute atomic E-state index is 10.6. The summed E-state index contributed by atoms with van der Waals surface area (Å²) in [6.45, 7) is 1.37. The molecule has 1 aromatic carbocycles. The molecule has 7 heteroatoms. The lowest BCUT2D eigenvalue weighted by atomic mass is 9.98. The van der Waals surface area contributed by atoms with Crippen LogP contribution in [0.5, 0.6) is 0 Å². The van der Waals surface area contributed by atoms with Crippen LogP contribution in [0.1, 0.15) is 13.3 Å². The molecule has 6 nitrogen and oxygen atoms in total. The minimum absolute atomic E-state index is 0.0254. The van der Waals surface area contributed by atoms with Crippen LogP contribution >= 0.6 is 15.9 Å². The molecule has 18 heavy (non-hydrogen) atoms. The first-order valence-electron chi connectivity index (χ1n) is 5.42. The number of hydrogen-bond donors (Lipinski definition) is 3. The number of nitrogens with zero attached hydrogens (tertiary/aromatic N) is 1. The van der Waals surface area contributed by atoms with Crippen molar-refractivity contribution < 1.29 is 15.1 Å². The monoisotopic (exact) mass is 318 g/mol. The van der Waals surface area contributed by atoms with Crippen molar-refractivity contribution in [2.24, 2.45) is 0 Å². The minimum atomic E-state index is -0.835. The lowest BCUT2D eigenvalue weighted by Crippen LogP contribution is -2.45. The molecule has 0 fully saturated rings. The summed E-state index contributed by atoms with van der Waals surface area (Å²) in [5.74, 6) is 0. The van der Waals surface area contributed by atoms with Gasteiger partial charge in [0.05, 0.1) is 23.7 Å². The Morgan fingerprint density at radius 3 is 2.44 bits per heavy atom. The van der Waals surface area contributed by atoms with E-state index in [1.165, 1.54) is 18.2 Å². The van der Waals surface area contributed by atoms with Gasteiger partial charge in [0.15, 0.2) is 0 Å². The van der Waals surface area contributed by atoms with E-state index in [2.05, 4.69) is 21.2 Å². The normalized spacial score (nSPS) is 11.3. The first-order valence-corrected chi connectivity index (χ1v) is 6.21. The smallest absolute Gasteiger partial charge is 0.270 e. The van der Waals surface area contributed by atoms with Gasteiger partial charge >= 0.3 is 0 Å². The van der Waals surface area contributed by atoms with Crippen LogP contribution in [0.25, 0.3) is 0 Å². The van der Waals surface area contributed by atoms with Crippen LogP contribution in [0.2, 0.25) is 0 Å². The number of halogens is 1. The van der Waals surface area contributed by atoms with Gasteiger partial charge in [0.25, 0.3) is 5.69 Å². The van der Waals surface area contributed by atoms with Crippen LogP contribution in [0.4, 0.5) is 11.4 Å². The average molecular weight is 319 g/mol. The number of aliphatic hydroxyl groups excluding tert-OH is 2. The summed E-state index contributed by atoms with van der Waals surface area (Å²) in [6, 6.07) is 4.28. The molecular weight excluding hydrogens is 304 g/mol. The van der Waals surface area contributed by atoms with Crippen LogP contribution in [0, 0.1) is 10.1 Å². The van der Waals surface area contributed by atoms with E-state index in [4.69, 9.17) is 0 Å². The van der Waals surface area contributed by atoms with Crippen molar-refractivity contribution >= 4 is 27.3 Å². The van der Waals surface area contributed by atoms with Crippen molar-refractivity contribution in [3.63, 3.8) is 0 Å². The van der Waals surface area contributed by atoms with Crippen molar-refractivity contribution in [1.82, 2.24) is 0 Å². The highest BCUT2D eigenvalue weighted by molar-refractivity contribution is 9.10. The van der Waals surface area contributed by atoms with Gasteiger partial charge in [-0.2, -0.15) is 0 Å². The van der Waals surface area contributed by atoms with Crippen molar-refractivity contribution in [2.75, 3.05) is 18.5 Å². The fourth-order valence-electron chi connectivity index (χ4n) is 1.45. The van der Waals surface area contributed by atoms with Crippen molar-refractivity contribution in [2.45, 2.75) is 18.9 Å². The Bertz CT molecular complexity index is 427. The average Bonchev–Trinajstić information content (AvgIpc) is 2.38. The predicted octanol–water partition coefficient (Wildman–Crippen LogP) is 1.90. The highest BCUT2D eigenvalue weighted by Crippen LogP contribution is 2.30. The Kier molecular flexibility index (Phi) is 5.06. The molecule has 0 saturated heterocycles. The maximum atomic E-state index is 10.6. The van der Waals surface area contributed by atoms with E-state index in [0.29, 0.717) is 16.6 Å². The fraction of sp³-hybridized carbons (Fsp3) is 0.455. The topological polar surface area (TPSA) is 95.6 Å². The Labute approximate surface area is 113 Å². The number of hydrogen-bond acceptors (Lipinski definition) is 5. The molecule has 1 rings (SSSR count). The molecule has 0 saturated carbocycles. The second kappa shape index (κ2) is 6.12. The first kappa shape index (κ1) is 14.9. The van der Waals surface area contributed by atoms with Crippen molar-refractivity contribution in [3.05, 3.63) is 32.8 Å². The third-order valence-corrected chi connectivity index (χ3v) is 3.50. The highest BCUT2D eigenvalue weighted by Gasteiger charge is 2.27. The Morgan fingerprint density at radius 2 is 2.06 bits per heavy atom. The van der Waals surface area contributed by atoms with E-state index in [1.54, 1.807) is 0 Å². The number of nitro groups is 1. The molecule has 0 radical (unpaired) electrons. The van der Waals surface area contributed by atoms with Gasteiger partial charge in [-0.1, -0.05) is 6.92 Å². The van der Waals surface area contributed by atoms with Gasteiger partial charge in [-0.3, -0.25) is 10.1 Å². The number of nitro benzene ring substituents is 1. The summed E-state index contributed by atoms with van der Waals surface area (Å²) in [5, 5.41) is 32.3. The van der Waals surface area contributed by atoms with E-state index >= 15 is 0 Å². The van der Waals surface area contributed by atoms with Gasteiger partial charge in [0.2, 0.25) is 0 Å². The lowest BCUT2D eigenvalue weighted by molar-refractivity contribution is -0.384. The summed E-state index contributed by atoms with van der Waals surface area (Å²) in [4.78, 5) is 10.1. The molecule has 0 aliphatic heterocycles. The number of aliphatic hydroxyl groups is 2. The molecule has 0 aliphatic carbocycles. The molecule has 0 aliphatic rings.